The summed E-state index contributed by atoms with van der Waals surface area (Å²) in [5.41, 5.74) is 32.2. The first kappa shape index (κ1) is 119. The Kier molecular flexibility index (Phi) is 48.6. The molecule has 130 heavy (non-hydrogen) atoms. The van der Waals surface area contributed by atoms with E-state index in [0.717, 1.165) is 80.7 Å². The fraction of sp³-hybridized carbons (Fsp3) is 0.539. The number of nitrogens with zero attached hydrogens (tertiary/aromatic N) is 5. The van der Waals surface area contributed by atoms with Gasteiger partial charge in [0, 0.05) is 32.3 Å². The van der Waals surface area contributed by atoms with Crippen LogP contribution in [0.5, 0.6) is 17.2 Å². The summed E-state index contributed by atoms with van der Waals surface area (Å²) < 4.78 is 30.2. The van der Waals surface area contributed by atoms with Gasteiger partial charge < -0.3 is 35.1 Å². The summed E-state index contributed by atoms with van der Waals surface area (Å²) >= 11 is 6.12. The number of aromatic hydroxyl groups is 2. The molecular weight excluding hydrogens is 1980 g/mol. The van der Waals surface area contributed by atoms with E-state index in [-0.39, 0.29) is 27.1 Å². The number of aromatic nitrogens is 2. The molecule has 0 fully saturated rings. The fourth-order valence-electron chi connectivity index (χ4n) is 14.6. The van der Waals surface area contributed by atoms with Crippen molar-refractivity contribution in [3.05, 3.63) is 230 Å². The van der Waals surface area contributed by atoms with Gasteiger partial charge in [0.2, 0.25) is 0 Å². The topological polar surface area (TPSA) is 155 Å². The first-order valence-electron chi connectivity index (χ1n) is 47.2. The molecule has 0 aliphatic heterocycles. The normalized spacial score (nSPS) is 12.6. The van der Waals surface area contributed by atoms with Crippen molar-refractivity contribution < 1.29 is 78.9 Å². The van der Waals surface area contributed by atoms with Crippen LogP contribution in [0.3, 0.4) is 0 Å². The zero-order valence-corrected chi connectivity index (χ0v) is 97.4. The third kappa shape index (κ3) is 40.4. The van der Waals surface area contributed by atoms with E-state index in [1.807, 2.05) is 38.1 Å². The molecule has 0 atom stereocenters. The Bertz CT molecular complexity index is 4870. The summed E-state index contributed by atoms with van der Waals surface area (Å²) in [6, 6.07) is 36.5. The van der Waals surface area contributed by atoms with Crippen molar-refractivity contribution in [1.82, 2.24) is 9.97 Å². The van der Waals surface area contributed by atoms with Gasteiger partial charge in [-0.25, -0.2) is 0 Å². The molecule has 7 aromatic carbocycles. The van der Waals surface area contributed by atoms with Crippen molar-refractivity contribution in [2.75, 3.05) is 7.11 Å². The van der Waals surface area contributed by atoms with Crippen molar-refractivity contribution in [2.45, 2.75) is 386 Å². The van der Waals surface area contributed by atoms with Crippen molar-refractivity contribution in [2.24, 2.45) is 26.7 Å². The van der Waals surface area contributed by atoms with Gasteiger partial charge in [0.05, 0.1) is 22.8 Å². The molecule has 15 heteroatoms. The molecule has 0 spiro atoms. The number of fused-ring (bicyclic) bond motifs is 2. The van der Waals surface area contributed by atoms with Gasteiger partial charge in [0.15, 0.2) is 0 Å². The minimum atomic E-state index is -0.500. The van der Waals surface area contributed by atoms with E-state index in [4.69, 9.17) is 25.4 Å². The molecule has 9 aromatic rings. The molecule has 4 N–H and O–H groups in total. The van der Waals surface area contributed by atoms with Crippen LogP contribution < -0.4 is 14.7 Å². The number of ether oxygens (including phenoxy) is 1. The van der Waals surface area contributed by atoms with E-state index in [1.165, 1.54) is 131 Å². The van der Waals surface area contributed by atoms with Crippen LogP contribution in [0.15, 0.2) is 135 Å². The molecule has 0 bridgehead atoms. The van der Waals surface area contributed by atoms with Crippen LogP contribution in [0.25, 0.3) is 22.3 Å². The van der Waals surface area contributed by atoms with Gasteiger partial charge in [-0.1, -0.05) is 108 Å². The van der Waals surface area contributed by atoms with Gasteiger partial charge in [-0.3, -0.25) is 0 Å². The third-order valence-electron chi connectivity index (χ3n) is 21.4. The SMILES string of the molecule is CC(C)(C)O.CC(C)(C)O.CC(C)c1cccc(C(C)C)c1[N]=[Mo]=[CH]C(C)(C)C.CC(C)c1cccc(C(C)C)c1[N]=[Mo]=[CH]C(C)(C)C.CC(C)c1cccc(C(C)C)c1[N]=[Mo]=[CH]C(C)(C)C.COc1c(C(C)(C)C)cc(C)c(C)c1-c1c(C)c(C)cc(C(C)(C)C)c1O.Cc1c(Br)cc2c(c1-c1c(O)c(Br)cc3c1CCCC3)CCCC2.Cc1ccc(C)[n-]1.c1cc[n-]c1. The predicted octanol–water partition coefficient (Wildman–Crippen LogP) is 34.0. The maximum absolute atomic E-state index is 11.4. The summed E-state index contributed by atoms with van der Waals surface area (Å²) in [6.07, 6.45) is 13.0. The van der Waals surface area contributed by atoms with E-state index in [0.29, 0.717) is 47.0 Å². The molecule has 10 nitrogen and oxygen atoms in total. The third-order valence-corrected chi connectivity index (χ3v) is 31.0. The zero-order valence-electron chi connectivity index (χ0n) is 88.2. The Hall–Kier alpha value is -5.55. The van der Waals surface area contributed by atoms with E-state index < -0.39 is 65.0 Å². The Morgan fingerprint density at radius 3 is 0.931 bits per heavy atom. The van der Waals surface area contributed by atoms with Crippen molar-refractivity contribution in [3.63, 3.8) is 0 Å². The van der Waals surface area contributed by atoms with E-state index in [9.17, 15) is 10.2 Å². The smallest absolute Gasteiger partial charge is 0.137 e. The van der Waals surface area contributed by atoms with Crippen LogP contribution >= 0.6 is 31.9 Å². The number of rotatable bonds is 12. The number of phenols is 2. The summed E-state index contributed by atoms with van der Waals surface area (Å²) in [7, 11) is 1.73. The molecule has 11 rings (SSSR count). The Labute approximate surface area is 833 Å². The molecule has 0 radical (unpaired) electrons. The van der Waals surface area contributed by atoms with Gasteiger partial charge in [-0.2, -0.15) is 23.8 Å². The van der Waals surface area contributed by atoms with Crippen LogP contribution in [0.1, 0.15) is 396 Å². The number of hydrogen-bond acceptors (Lipinski definition) is 8. The molecule has 2 aromatic heterocycles. The second kappa shape index (κ2) is 53.2. The molecule has 0 amide bonds. The van der Waals surface area contributed by atoms with Gasteiger partial charge in [-0.05, 0) is 222 Å². The Morgan fingerprint density at radius 1 is 0.369 bits per heavy atom. The number of aryl methyl sites for hydroxylation is 6. The maximum atomic E-state index is 11.4. The Morgan fingerprint density at radius 2 is 0.662 bits per heavy atom. The van der Waals surface area contributed by atoms with Crippen molar-refractivity contribution in [3.8, 4) is 39.5 Å². The van der Waals surface area contributed by atoms with E-state index in [1.54, 1.807) is 61.0 Å². The number of benzene rings is 7. The van der Waals surface area contributed by atoms with Crippen molar-refractivity contribution >= 4 is 62.1 Å². The minimum absolute atomic E-state index is 0.0568. The van der Waals surface area contributed by atoms with E-state index in [2.05, 4.69) is 355 Å². The van der Waals surface area contributed by atoms with Crippen LogP contribution in [0.2, 0.25) is 0 Å². The standard InChI is InChI=1S/C25H36O2.C21H22Br2O.3C12H17N.C6H8N.3C5H10.C4H4N.2C4H10O.3Mo/c1-14-12-18(24(5,6)7)22(26)20(16(14)3)21-17(4)15(2)13-19(23(21)27-11)25(8,9)10;1-12-17(22)10-13-6-2-4-8-15(13)19(12)20-16-9-5-3-7-14(16)11-18(23)21(20)24;3*1-8(2)10-6-5-7-11(9(3)4)12(10)13;1-5-3-4-6(2)7-5;3*1-5(2,3)4;1-2-4-5-3-1;2*1-4(2,3)5;;;/h12-13,26H,1-11H3;10-11,24H,2-9H2,1H3;3*5-9H,1-4H3;3-4H,1-2H3;3*1H,2-4H3;1-4H;2*5H,1-3H3;;;/q;;;;;-1;;;;-1;;;;;. The Balaban J connectivity index is 0.000000396. The molecule has 720 valence electrons. The number of aliphatic hydroxyl groups is 2. The molecule has 0 saturated carbocycles. The summed E-state index contributed by atoms with van der Waals surface area (Å²) in [5.74, 6) is 4.91. The molecular formula is C115H171Br2Mo3N5O5-2. The van der Waals surface area contributed by atoms with Crippen molar-refractivity contribution in [1.29, 1.82) is 0 Å². The first-order valence-corrected chi connectivity index (χ1v) is 54.9. The maximum Gasteiger partial charge on any atom is 0.137 e. The second-order valence-electron chi connectivity index (χ2n) is 44.2. The summed E-state index contributed by atoms with van der Waals surface area (Å²) in [5, 5.41) is 39.4. The van der Waals surface area contributed by atoms with Crippen LogP contribution in [-0.4, -0.2) is 51.9 Å². The molecule has 2 heterocycles. The van der Waals surface area contributed by atoms with Gasteiger partial charge in [0.25, 0.3) is 0 Å². The van der Waals surface area contributed by atoms with Crippen LogP contribution in [0.4, 0.5) is 17.1 Å². The predicted molar refractivity (Wildman–Crippen MR) is 563 cm³/mol. The number of phenolic OH excluding ortho intramolecular Hbond substituents is 2. The number of halogens is 2. The summed E-state index contributed by atoms with van der Waals surface area (Å²) in [4.78, 5) is 7.83. The quantitative estimate of drug-likeness (QED) is 0.0888. The van der Waals surface area contributed by atoms with Crippen LogP contribution in [0, 0.1) is 64.7 Å². The average Bonchev–Trinajstić information content (AvgIpc) is 1.01. The second-order valence-corrected chi connectivity index (χ2v) is 50.6. The van der Waals surface area contributed by atoms with Gasteiger partial charge in [0.1, 0.15) is 17.2 Å². The molecule has 0 unspecified atom stereocenters. The number of hydrogen-bond donors (Lipinski definition) is 4. The largest absolute Gasteiger partial charge is 0.670 e. The number of methoxy groups -OCH3 is 1. The average molecular weight is 2150 g/mol. The zero-order chi connectivity index (χ0) is 99.4. The molecule has 0 saturated heterocycles. The fourth-order valence-corrected chi connectivity index (χ4v) is 20.6. The minimum Gasteiger partial charge on any atom is -0.670 e. The van der Waals surface area contributed by atoms with E-state index >= 15 is 0 Å². The van der Waals surface area contributed by atoms with Crippen LogP contribution in [-0.2, 0) is 90.3 Å². The summed E-state index contributed by atoms with van der Waals surface area (Å²) in [6.45, 7) is 85.5. The molecule has 2 aliphatic carbocycles. The monoisotopic (exact) mass is 2150 g/mol. The molecule has 2 aliphatic rings. The first-order chi connectivity index (χ1) is 59.7. The van der Waals surface area contributed by atoms with Gasteiger partial charge in [-0.15, -0.1) is 0 Å². The van der Waals surface area contributed by atoms with Gasteiger partial charge >= 0.3 is 380 Å².